The van der Waals surface area contributed by atoms with Gasteiger partial charge in [-0.15, -0.1) is 6.58 Å². The third-order valence-corrected chi connectivity index (χ3v) is 1.71. The van der Waals surface area contributed by atoms with Crippen molar-refractivity contribution in [1.82, 2.24) is 0 Å². The van der Waals surface area contributed by atoms with Crippen molar-refractivity contribution in [2.24, 2.45) is 0 Å². The van der Waals surface area contributed by atoms with E-state index in [0.717, 1.165) is 11.1 Å². The highest BCUT2D eigenvalue weighted by atomic mass is 16.5. The lowest BCUT2D eigenvalue weighted by atomic mass is 10.1. The summed E-state index contributed by atoms with van der Waals surface area (Å²) in [6.45, 7) is 9.41. The molecule has 13 heavy (non-hydrogen) atoms. The maximum Gasteiger partial charge on any atom is 0.106 e. The molecule has 0 aliphatic rings. The second kappa shape index (κ2) is 5.33. The molecule has 1 nitrogen and oxygen atoms in total. The second-order valence-corrected chi connectivity index (χ2v) is 2.59. The van der Waals surface area contributed by atoms with Gasteiger partial charge in [0, 0.05) is 0 Å². The molecule has 1 radical (unpaired) electrons. The van der Waals surface area contributed by atoms with Gasteiger partial charge in [-0.3, -0.25) is 0 Å². The monoisotopic (exact) mass is 173 g/mol. The smallest absolute Gasteiger partial charge is 0.106 e. The second-order valence-electron chi connectivity index (χ2n) is 2.59. The van der Waals surface area contributed by atoms with Gasteiger partial charge in [0.2, 0.25) is 0 Å². The Balaban J connectivity index is 2.63. The highest BCUT2D eigenvalue weighted by Crippen LogP contribution is 2.11. The van der Waals surface area contributed by atoms with Crippen molar-refractivity contribution < 1.29 is 4.74 Å². The average molecular weight is 173 g/mol. The lowest BCUT2D eigenvalue weighted by Gasteiger charge is -2.04. The minimum Gasteiger partial charge on any atom is -0.366 e. The summed E-state index contributed by atoms with van der Waals surface area (Å²) in [7, 11) is 0. The van der Waals surface area contributed by atoms with Crippen LogP contribution in [0.1, 0.15) is 11.1 Å². The van der Waals surface area contributed by atoms with E-state index in [0.29, 0.717) is 6.61 Å². The van der Waals surface area contributed by atoms with Crippen molar-refractivity contribution in [2.75, 3.05) is 0 Å². The van der Waals surface area contributed by atoms with Crippen molar-refractivity contribution in [3.8, 4) is 0 Å². The molecular weight excluding hydrogens is 160 g/mol. The summed E-state index contributed by atoms with van der Waals surface area (Å²) in [6, 6.07) is 8.00. The summed E-state index contributed by atoms with van der Waals surface area (Å²) >= 11 is 0. The molecule has 0 fully saturated rings. The first-order chi connectivity index (χ1) is 6.38. The highest BCUT2D eigenvalue weighted by molar-refractivity contribution is 5.51. The summed E-state index contributed by atoms with van der Waals surface area (Å²) in [4.78, 5) is 0. The molecule has 0 saturated carbocycles. The van der Waals surface area contributed by atoms with Crippen LogP contribution in [0.5, 0.6) is 0 Å². The van der Waals surface area contributed by atoms with Crippen LogP contribution < -0.4 is 0 Å². The Morgan fingerprint density at radius 1 is 1.23 bits per heavy atom. The molecule has 0 bridgehead atoms. The Labute approximate surface area is 79.4 Å². The number of benzene rings is 1. The quantitative estimate of drug-likeness (QED) is 0.621. The molecule has 0 heterocycles. The number of hydrogen-bond acceptors (Lipinski definition) is 1. The van der Waals surface area contributed by atoms with Gasteiger partial charge in [-0.25, -0.2) is 0 Å². The fourth-order valence-corrected chi connectivity index (χ4v) is 1.07. The van der Waals surface area contributed by atoms with Crippen LogP contribution in [0.25, 0.3) is 6.08 Å². The Morgan fingerprint density at radius 3 is 2.69 bits per heavy atom. The predicted molar refractivity (Wildman–Crippen MR) is 55.8 cm³/mol. The first kappa shape index (κ1) is 9.75. The molecule has 0 atom stereocenters. The van der Waals surface area contributed by atoms with Gasteiger partial charge in [-0.1, -0.05) is 43.0 Å². The van der Waals surface area contributed by atoms with Gasteiger partial charge < -0.3 is 4.74 Å². The zero-order valence-corrected chi connectivity index (χ0v) is 7.57. The average Bonchev–Trinajstić information content (AvgIpc) is 2.19. The van der Waals surface area contributed by atoms with E-state index in [1.165, 1.54) is 0 Å². The summed E-state index contributed by atoms with van der Waals surface area (Å²) in [5, 5.41) is 0. The van der Waals surface area contributed by atoms with Gasteiger partial charge in [-0.05, 0) is 11.1 Å². The summed E-state index contributed by atoms with van der Waals surface area (Å²) < 4.78 is 5.22. The van der Waals surface area contributed by atoms with Crippen molar-refractivity contribution in [3.05, 3.63) is 61.2 Å². The molecule has 0 aromatic heterocycles. The molecule has 0 N–H and O–H groups in total. The molecule has 0 aliphatic carbocycles. The van der Waals surface area contributed by atoms with Crippen molar-refractivity contribution in [3.63, 3.8) is 0 Å². The SMILES string of the molecule is C=C[CH]OCc1ccccc1C=C. The van der Waals surface area contributed by atoms with Gasteiger partial charge in [-0.2, -0.15) is 0 Å². The van der Waals surface area contributed by atoms with Crippen LogP contribution in [0.2, 0.25) is 0 Å². The van der Waals surface area contributed by atoms with Crippen LogP contribution in [-0.2, 0) is 11.3 Å². The highest BCUT2D eigenvalue weighted by Gasteiger charge is 1.96. The van der Waals surface area contributed by atoms with E-state index < -0.39 is 0 Å². The van der Waals surface area contributed by atoms with E-state index in [9.17, 15) is 0 Å². The van der Waals surface area contributed by atoms with E-state index >= 15 is 0 Å². The Kier molecular flexibility index (Phi) is 4.00. The summed E-state index contributed by atoms with van der Waals surface area (Å²) in [5.41, 5.74) is 2.25. The number of ether oxygens (including phenoxy) is 1. The van der Waals surface area contributed by atoms with Gasteiger partial charge in [0.15, 0.2) is 0 Å². The van der Waals surface area contributed by atoms with E-state index in [2.05, 4.69) is 13.2 Å². The molecule has 1 heteroatoms. The normalized spacial score (nSPS) is 9.54. The van der Waals surface area contributed by atoms with Crippen molar-refractivity contribution >= 4 is 6.08 Å². The van der Waals surface area contributed by atoms with Crippen LogP contribution in [0.15, 0.2) is 43.5 Å². The third kappa shape index (κ3) is 2.88. The topological polar surface area (TPSA) is 9.23 Å². The minimum atomic E-state index is 0.564. The number of rotatable bonds is 5. The fourth-order valence-electron chi connectivity index (χ4n) is 1.07. The maximum atomic E-state index is 5.22. The molecule has 0 amide bonds. The van der Waals surface area contributed by atoms with E-state index in [4.69, 9.17) is 4.74 Å². The van der Waals surface area contributed by atoms with Gasteiger partial charge in [0.1, 0.15) is 6.61 Å². The minimum absolute atomic E-state index is 0.564. The molecule has 1 aromatic rings. The van der Waals surface area contributed by atoms with Crippen LogP contribution in [0, 0.1) is 6.61 Å². The van der Waals surface area contributed by atoms with Crippen LogP contribution in [-0.4, -0.2) is 0 Å². The predicted octanol–water partition coefficient (Wildman–Crippen LogP) is 3.19. The molecule has 0 spiro atoms. The molecule has 1 rings (SSSR count). The zero-order valence-electron chi connectivity index (χ0n) is 7.57. The first-order valence-corrected chi connectivity index (χ1v) is 4.14. The number of hydrogen-bond donors (Lipinski definition) is 0. The van der Waals surface area contributed by atoms with Crippen LogP contribution in [0.4, 0.5) is 0 Å². The fraction of sp³-hybridized carbons (Fsp3) is 0.0833. The van der Waals surface area contributed by atoms with E-state index in [1.54, 1.807) is 12.7 Å². The third-order valence-electron chi connectivity index (χ3n) is 1.71. The molecular formula is C12H13O. The van der Waals surface area contributed by atoms with Gasteiger partial charge in [0.05, 0.1) is 6.61 Å². The summed E-state index contributed by atoms with van der Waals surface area (Å²) in [5.74, 6) is 0. The van der Waals surface area contributed by atoms with Crippen LogP contribution >= 0.6 is 0 Å². The maximum absolute atomic E-state index is 5.22. The standard InChI is InChI=1S/C12H13O/c1-3-9-13-10-12-8-6-5-7-11(12)4-2/h3-9H,1-2,10H2. The molecule has 0 aliphatic heterocycles. The largest absolute Gasteiger partial charge is 0.366 e. The van der Waals surface area contributed by atoms with E-state index in [1.807, 2.05) is 30.3 Å². The van der Waals surface area contributed by atoms with Crippen LogP contribution in [0.3, 0.4) is 0 Å². The zero-order chi connectivity index (χ0) is 9.52. The van der Waals surface area contributed by atoms with E-state index in [-0.39, 0.29) is 0 Å². The molecule has 0 saturated heterocycles. The first-order valence-electron chi connectivity index (χ1n) is 4.14. The Morgan fingerprint density at radius 2 is 2.00 bits per heavy atom. The molecule has 67 valence electrons. The summed E-state index contributed by atoms with van der Waals surface area (Å²) in [6.07, 6.45) is 3.45. The Hall–Kier alpha value is -1.34. The Bertz CT molecular complexity index is 289. The van der Waals surface area contributed by atoms with Gasteiger partial charge in [0.25, 0.3) is 0 Å². The van der Waals surface area contributed by atoms with Crippen molar-refractivity contribution in [2.45, 2.75) is 6.61 Å². The lowest BCUT2D eigenvalue weighted by Crippen LogP contribution is -1.91. The lowest BCUT2D eigenvalue weighted by molar-refractivity contribution is 0.202. The molecule has 1 aromatic carbocycles. The van der Waals surface area contributed by atoms with Crippen molar-refractivity contribution in [1.29, 1.82) is 0 Å². The van der Waals surface area contributed by atoms with Gasteiger partial charge >= 0.3 is 0 Å². The molecule has 0 unspecified atom stereocenters.